The normalized spacial score (nSPS) is 17.3. The SMILES string of the molecule is Cl.N=C1C(=Cc2ccccc2OS(=O)(=O)c2ccccc2)C(=O)N=C2SC(C(F)(F)F)=NN12. The molecule has 8 nitrogen and oxygen atoms in total. The first-order valence-corrected chi connectivity index (χ1v) is 10.9. The molecule has 0 atom stereocenters. The first-order chi connectivity index (χ1) is 15.1. The van der Waals surface area contributed by atoms with Crippen molar-refractivity contribution in [3.8, 4) is 5.75 Å². The van der Waals surface area contributed by atoms with Crippen LogP contribution in [0.15, 0.2) is 75.2 Å². The van der Waals surface area contributed by atoms with Crippen LogP contribution in [0, 0.1) is 5.41 Å². The molecule has 0 aromatic heterocycles. The number of hydrazone groups is 1. The summed E-state index contributed by atoms with van der Waals surface area (Å²) in [6.45, 7) is 0. The van der Waals surface area contributed by atoms with Crippen molar-refractivity contribution in [3.63, 3.8) is 0 Å². The molecule has 2 aromatic carbocycles. The molecule has 2 aliphatic rings. The van der Waals surface area contributed by atoms with Crippen LogP contribution in [0.5, 0.6) is 5.75 Å². The lowest BCUT2D eigenvalue weighted by Crippen LogP contribution is -2.35. The van der Waals surface area contributed by atoms with Crippen molar-refractivity contribution in [1.82, 2.24) is 5.01 Å². The molecule has 2 aliphatic heterocycles. The summed E-state index contributed by atoms with van der Waals surface area (Å²) >= 11 is 0.134. The number of aliphatic imine (C=N–C) groups is 1. The standard InChI is InChI=1S/C19H11F3N4O4S2.ClH/c20-19(21,22)17-25-26-15(23)13(16(27)24-18(26)31-17)10-11-6-4-5-9-14(11)30-32(28,29)12-7-2-1-3-8-12;/h1-10,23H;1H. The van der Waals surface area contributed by atoms with Gasteiger partial charge in [0.15, 0.2) is 5.84 Å². The fourth-order valence-electron chi connectivity index (χ4n) is 2.69. The Morgan fingerprint density at radius 3 is 2.36 bits per heavy atom. The number of nitrogens with one attached hydrogen (secondary N) is 1. The maximum atomic E-state index is 12.9. The molecule has 0 radical (unpaired) electrons. The second-order valence-corrected chi connectivity index (χ2v) is 8.81. The predicted octanol–water partition coefficient (Wildman–Crippen LogP) is 4.06. The summed E-state index contributed by atoms with van der Waals surface area (Å²) in [5.74, 6) is -1.74. The number of hydrogen-bond donors (Lipinski definition) is 1. The highest BCUT2D eigenvalue weighted by atomic mass is 35.5. The maximum Gasteiger partial charge on any atom is 0.441 e. The Morgan fingerprint density at radius 1 is 1.06 bits per heavy atom. The van der Waals surface area contributed by atoms with Crippen LogP contribution in [-0.2, 0) is 14.9 Å². The quantitative estimate of drug-likeness (QED) is 0.484. The second kappa shape index (κ2) is 9.00. The molecule has 1 amide bonds. The zero-order chi connectivity index (χ0) is 23.1. The van der Waals surface area contributed by atoms with Crippen molar-refractivity contribution in [2.75, 3.05) is 0 Å². The van der Waals surface area contributed by atoms with Crippen molar-refractivity contribution in [2.24, 2.45) is 10.1 Å². The van der Waals surface area contributed by atoms with Crippen LogP contribution in [0.3, 0.4) is 0 Å². The number of amidine groups is 2. The lowest BCUT2D eigenvalue weighted by molar-refractivity contribution is -0.114. The van der Waals surface area contributed by atoms with E-state index in [-0.39, 0.29) is 51.1 Å². The third-order valence-electron chi connectivity index (χ3n) is 4.15. The minimum Gasteiger partial charge on any atom is -0.378 e. The number of thioether (sulfide) groups is 1. The van der Waals surface area contributed by atoms with Gasteiger partial charge in [-0.1, -0.05) is 36.4 Å². The summed E-state index contributed by atoms with van der Waals surface area (Å²) in [5.41, 5.74) is -0.277. The molecule has 0 spiro atoms. The van der Waals surface area contributed by atoms with E-state index in [1.807, 2.05) is 0 Å². The van der Waals surface area contributed by atoms with E-state index in [0.29, 0.717) is 5.01 Å². The number of nitrogens with zero attached hydrogens (tertiary/aromatic N) is 3. The Morgan fingerprint density at radius 2 is 1.70 bits per heavy atom. The average molecular weight is 517 g/mol. The topological polar surface area (TPSA) is 112 Å². The molecular weight excluding hydrogens is 505 g/mol. The summed E-state index contributed by atoms with van der Waals surface area (Å²) in [6, 6.07) is 13.1. The molecule has 0 saturated heterocycles. The Hall–Kier alpha value is -3.16. The average Bonchev–Trinajstić information content (AvgIpc) is 3.17. The molecule has 0 saturated carbocycles. The van der Waals surface area contributed by atoms with E-state index < -0.39 is 33.1 Å². The third-order valence-corrected chi connectivity index (χ3v) is 6.35. The fourth-order valence-corrected chi connectivity index (χ4v) is 4.42. The Bertz CT molecular complexity index is 1330. The van der Waals surface area contributed by atoms with E-state index in [9.17, 15) is 26.4 Å². The monoisotopic (exact) mass is 516 g/mol. The maximum absolute atomic E-state index is 12.9. The number of alkyl halides is 3. The van der Waals surface area contributed by atoms with Gasteiger partial charge in [0.2, 0.25) is 10.2 Å². The number of para-hydroxylation sites is 1. The highest BCUT2D eigenvalue weighted by Crippen LogP contribution is 2.35. The lowest BCUT2D eigenvalue weighted by Gasteiger charge is -2.20. The zero-order valence-corrected chi connectivity index (χ0v) is 18.6. The van der Waals surface area contributed by atoms with Gasteiger partial charge in [-0.25, -0.2) is 0 Å². The minimum atomic E-state index is -4.76. The molecule has 2 heterocycles. The van der Waals surface area contributed by atoms with Crippen molar-refractivity contribution < 1.29 is 30.6 Å². The predicted molar refractivity (Wildman–Crippen MR) is 119 cm³/mol. The summed E-state index contributed by atoms with van der Waals surface area (Å²) in [6.07, 6.45) is -3.64. The van der Waals surface area contributed by atoms with Crippen LogP contribution >= 0.6 is 24.2 Å². The largest absolute Gasteiger partial charge is 0.441 e. The molecule has 0 unspecified atom stereocenters. The van der Waals surface area contributed by atoms with Crippen molar-refractivity contribution in [2.45, 2.75) is 11.1 Å². The van der Waals surface area contributed by atoms with Crippen LogP contribution in [0.1, 0.15) is 5.56 Å². The van der Waals surface area contributed by atoms with E-state index in [1.54, 1.807) is 6.07 Å². The number of carbonyl (C=O) groups excluding carboxylic acids is 1. The molecule has 14 heteroatoms. The molecule has 1 N–H and O–H groups in total. The summed E-state index contributed by atoms with van der Waals surface area (Å²) in [5, 5.41) is 10.4. The number of carbonyl (C=O) groups is 1. The van der Waals surface area contributed by atoms with Crippen molar-refractivity contribution >= 4 is 62.3 Å². The molecule has 2 aromatic rings. The van der Waals surface area contributed by atoms with Crippen LogP contribution in [-0.4, -0.2) is 41.6 Å². The number of benzene rings is 2. The summed E-state index contributed by atoms with van der Waals surface area (Å²) in [4.78, 5) is 15.9. The fraction of sp³-hybridized carbons (Fsp3) is 0.0526. The smallest absolute Gasteiger partial charge is 0.378 e. The Balaban J connectivity index is 0.00000306. The molecule has 172 valence electrons. The second-order valence-electron chi connectivity index (χ2n) is 6.31. The van der Waals surface area contributed by atoms with Gasteiger partial charge in [0, 0.05) is 5.56 Å². The van der Waals surface area contributed by atoms with E-state index in [1.165, 1.54) is 48.5 Å². The number of hydrogen-bond acceptors (Lipinski definition) is 7. The van der Waals surface area contributed by atoms with Crippen LogP contribution < -0.4 is 4.18 Å². The van der Waals surface area contributed by atoms with Gasteiger partial charge in [0.25, 0.3) is 5.91 Å². The van der Waals surface area contributed by atoms with Crippen LogP contribution in [0.2, 0.25) is 0 Å². The highest BCUT2D eigenvalue weighted by Gasteiger charge is 2.46. The number of amides is 1. The summed E-state index contributed by atoms with van der Waals surface area (Å²) < 4.78 is 69.1. The van der Waals surface area contributed by atoms with E-state index >= 15 is 0 Å². The lowest BCUT2D eigenvalue weighted by atomic mass is 10.1. The summed E-state index contributed by atoms with van der Waals surface area (Å²) in [7, 11) is -4.20. The zero-order valence-electron chi connectivity index (χ0n) is 16.1. The van der Waals surface area contributed by atoms with Gasteiger partial charge in [0.1, 0.15) is 10.6 Å². The number of rotatable bonds is 4. The van der Waals surface area contributed by atoms with Gasteiger partial charge in [-0.3, -0.25) is 10.2 Å². The third kappa shape index (κ3) is 4.94. The van der Waals surface area contributed by atoms with Crippen LogP contribution in [0.4, 0.5) is 13.2 Å². The van der Waals surface area contributed by atoms with Gasteiger partial charge in [-0.15, -0.1) is 12.4 Å². The van der Waals surface area contributed by atoms with Crippen molar-refractivity contribution in [3.05, 3.63) is 65.7 Å². The van der Waals surface area contributed by atoms with E-state index in [4.69, 9.17) is 9.59 Å². The van der Waals surface area contributed by atoms with Gasteiger partial charge in [-0.2, -0.15) is 36.7 Å². The first-order valence-electron chi connectivity index (χ1n) is 8.72. The molecule has 0 bridgehead atoms. The highest BCUT2D eigenvalue weighted by molar-refractivity contribution is 8.27. The molecule has 33 heavy (non-hydrogen) atoms. The minimum absolute atomic E-state index is 0. The van der Waals surface area contributed by atoms with Gasteiger partial charge in [0.05, 0.1) is 5.57 Å². The van der Waals surface area contributed by atoms with Gasteiger partial charge >= 0.3 is 16.3 Å². The van der Waals surface area contributed by atoms with Crippen molar-refractivity contribution in [1.29, 1.82) is 5.41 Å². The van der Waals surface area contributed by atoms with E-state index in [2.05, 4.69) is 10.1 Å². The number of halogens is 4. The molecular formula is C19H12ClF3N4O4S2. The van der Waals surface area contributed by atoms with Gasteiger partial charge < -0.3 is 4.18 Å². The number of fused-ring (bicyclic) bond motifs is 1. The molecule has 0 fully saturated rings. The Labute approximate surface area is 195 Å². The molecule has 0 aliphatic carbocycles. The first kappa shape index (κ1) is 24.5. The Kier molecular flexibility index (Phi) is 6.68. The van der Waals surface area contributed by atoms with E-state index in [0.717, 1.165) is 6.08 Å². The molecule has 4 rings (SSSR count). The van der Waals surface area contributed by atoms with Crippen LogP contribution in [0.25, 0.3) is 6.08 Å². The van der Waals surface area contributed by atoms with Gasteiger partial charge in [-0.05, 0) is 36.0 Å².